The Labute approximate surface area is 109 Å². The van der Waals surface area contributed by atoms with Gasteiger partial charge in [-0.1, -0.05) is 23.8 Å². The second-order valence-corrected chi connectivity index (χ2v) is 4.39. The van der Waals surface area contributed by atoms with Crippen LogP contribution < -0.4 is 4.74 Å². The van der Waals surface area contributed by atoms with Crippen molar-refractivity contribution in [2.45, 2.75) is 20.0 Å². The lowest BCUT2D eigenvalue weighted by molar-refractivity contribution is -0.138. The summed E-state index contributed by atoms with van der Waals surface area (Å²) in [4.78, 5) is 0. The van der Waals surface area contributed by atoms with Crippen molar-refractivity contribution in [3.8, 4) is 11.5 Å². The first-order chi connectivity index (χ1) is 8.86. The van der Waals surface area contributed by atoms with E-state index in [-0.39, 0.29) is 11.3 Å². The Morgan fingerprint density at radius 2 is 1.42 bits per heavy atom. The van der Waals surface area contributed by atoms with Gasteiger partial charge < -0.3 is 4.74 Å². The van der Waals surface area contributed by atoms with Crippen molar-refractivity contribution in [3.05, 3.63) is 59.2 Å². The van der Waals surface area contributed by atoms with Crippen molar-refractivity contribution >= 4 is 0 Å². The number of ether oxygens (including phenoxy) is 1. The maximum absolute atomic E-state index is 12.8. The van der Waals surface area contributed by atoms with Gasteiger partial charge in [-0.05, 0) is 43.7 Å². The Morgan fingerprint density at radius 3 is 2.00 bits per heavy atom. The Morgan fingerprint density at radius 1 is 0.842 bits per heavy atom. The molecule has 100 valence electrons. The van der Waals surface area contributed by atoms with Crippen molar-refractivity contribution in [1.29, 1.82) is 0 Å². The Hall–Kier alpha value is -1.97. The van der Waals surface area contributed by atoms with Gasteiger partial charge in [0.05, 0.1) is 5.56 Å². The molecule has 0 radical (unpaired) electrons. The van der Waals surface area contributed by atoms with Crippen LogP contribution in [0.4, 0.5) is 13.2 Å². The second-order valence-electron chi connectivity index (χ2n) is 4.39. The van der Waals surface area contributed by atoms with Gasteiger partial charge in [0.1, 0.15) is 11.5 Å². The molecule has 0 fully saturated rings. The molecule has 0 unspecified atom stereocenters. The zero-order valence-electron chi connectivity index (χ0n) is 10.6. The molecule has 0 aromatic heterocycles. The van der Waals surface area contributed by atoms with Crippen molar-refractivity contribution in [2.24, 2.45) is 0 Å². The molecule has 0 saturated heterocycles. The average molecular weight is 266 g/mol. The van der Waals surface area contributed by atoms with E-state index in [2.05, 4.69) is 0 Å². The standard InChI is InChI=1S/C15H13F3O/c1-10-3-6-12(7-4-10)19-13-8-5-11(2)14(9-13)15(16,17)18/h3-9H,1-2H3. The van der Waals surface area contributed by atoms with Gasteiger partial charge in [-0.2, -0.15) is 13.2 Å². The minimum Gasteiger partial charge on any atom is -0.457 e. The third-order valence-electron chi connectivity index (χ3n) is 2.77. The minimum absolute atomic E-state index is 0.182. The maximum Gasteiger partial charge on any atom is 0.416 e. The monoisotopic (exact) mass is 266 g/mol. The van der Waals surface area contributed by atoms with Gasteiger partial charge in [0.2, 0.25) is 0 Å². The van der Waals surface area contributed by atoms with Crippen LogP contribution >= 0.6 is 0 Å². The quantitative estimate of drug-likeness (QED) is 0.733. The molecule has 0 aliphatic carbocycles. The van der Waals surface area contributed by atoms with Crippen LogP contribution in [0.25, 0.3) is 0 Å². The molecule has 0 bridgehead atoms. The number of hydrogen-bond donors (Lipinski definition) is 0. The lowest BCUT2D eigenvalue weighted by Crippen LogP contribution is -2.07. The Bertz CT molecular complexity index is 571. The molecule has 0 atom stereocenters. The Balaban J connectivity index is 2.29. The van der Waals surface area contributed by atoms with Gasteiger partial charge >= 0.3 is 6.18 Å². The molecule has 0 saturated carbocycles. The minimum atomic E-state index is -4.36. The molecule has 19 heavy (non-hydrogen) atoms. The average Bonchev–Trinajstić information content (AvgIpc) is 2.33. The summed E-state index contributed by atoms with van der Waals surface area (Å²) in [5, 5.41) is 0. The van der Waals surface area contributed by atoms with E-state index in [1.54, 1.807) is 12.1 Å². The second kappa shape index (κ2) is 4.96. The molecule has 0 heterocycles. The highest BCUT2D eigenvalue weighted by Gasteiger charge is 2.32. The van der Waals surface area contributed by atoms with Gasteiger partial charge in [-0.25, -0.2) is 0 Å². The number of rotatable bonds is 2. The van der Waals surface area contributed by atoms with Gasteiger partial charge in [0, 0.05) is 0 Å². The van der Waals surface area contributed by atoms with Crippen LogP contribution in [0.3, 0.4) is 0 Å². The van der Waals surface area contributed by atoms with Crippen molar-refractivity contribution in [3.63, 3.8) is 0 Å². The zero-order valence-corrected chi connectivity index (χ0v) is 10.6. The van der Waals surface area contributed by atoms with E-state index in [4.69, 9.17) is 4.74 Å². The first kappa shape index (κ1) is 13.5. The van der Waals surface area contributed by atoms with Gasteiger partial charge in [0.25, 0.3) is 0 Å². The van der Waals surface area contributed by atoms with Gasteiger partial charge in [-0.3, -0.25) is 0 Å². The van der Waals surface area contributed by atoms with Crippen LogP contribution in [-0.2, 0) is 6.18 Å². The molecule has 1 nitrogen and oxygen atoms in total. The summed E-state index contributed by atoms with van der Waals surface area (Å²) in [6, 6.07) is 11.1. The molecule has 0 aliphatic rings. The number of aryl methyl sites for hydroxylation is 2. The summed E-state index contributed by atoms with van der Waals surface area (Å²) in [6.07, 6.45) is -4.36. The summed E-state index contributed by atoms with van der Waals surface area (Å²) < 4.78 is 43.7. The molecular formula is C15H13F3O. The zero-order chi connectivity index (χ0) is 14.0. The predicted molar refractivity (Wildman–Crippen MR) is 67.4 cm³/mol. The van der Waals surface area contributed by atoms with Crippen LogP contribution in [0.5, 0.6) is 11.5 Å². The van der Waals surface area contributed by atoms with E-state index in [9.17, 15) is 13.2 Å². The van der Waals surface area contributed by atoms with E-state index < -0.39 is 11.7 Å². The van der Waals surface area contributed by atoms with Crippen molar-refractivity contribution in [2.75, 3.05) is 0 Å². The highest BCUT2D eigenvalue weighted by Crippen LogP contribution is 2.35. The summed E-state index contributed by atoms with van der Waals surface area (Å²) in [5.74, 6) is 0.698. The summed E-state index contributed by atoms with van der Waals surface area (Å²) in [5.41, 5.74) is 0.577. The fourth-order valence-electron chi connectivity index (χ4n) is 1.71. The third-order valence-corrected chi connectivity index (χ3v) is 2.77. The number of hydrogen-bond acceptors (Lipinski definition) is 1. The highest BCUT2D eigenvalue weighted by molar-refractivity contribution is 5.39. The van der Waals surface area contributed by atoms with Gasteiger partial charge in [-0.15, -0.1) is 0 Å². The first-order valence-electron chi connectivity index (χ1n) is 5.78. The van der Waals surface area contributed by atoms with Crippen LogP contribution in [-0.4, -0.2) is 0 Å². The van der Waals surface area contributed by atoms with Crippen molar-refractivity contribution < 1.29 is 17.9 Å². The third kappa shape index (κ3) is 3.28. The molecule has 2 aromatic carbocycles. The lowest BCUT2D eigenvalue weighted by atomic mass is 10.1. The number of benzene rings is 2. The summed E-state index contributed by atoms with van der Waals surface area (Å²) in [7, 11) is 0. The fourth-order valence-corrected chi connectivity index (χ4v) is 1.71. The smallest absolute Gasteiger partial charge is 0.416 e. The highest BCUT2D eigenvalue weighted by atomic mass is 19.4. The summed E-state index contributed by atoms with van der Waals surface area (Å²) >= 11 is 0. The first-order valence-corrected chi connectivity index (χ1v) is 5.78. The van der Waals surface area contributed by atoms with Crippen LogP contribution in [0, 0.1) is 13.8 Å². The molecule has 0 amide bonds. The van der Waals surface area contributed by atoms with Gasteiger partial charge in [0.15, 0.2) is 0 Å². The number of halogens is 3. The van der Waals surface area contributed by atoms with Crippen LogP contribution in [0.15, 0.2) is 42.5 Å². The Kier molecular flexibility index (Phi) is 3.51. The molecule has 4 heteroatoms. The van der Waals surface area contributed by atoms with Crippen LogP contribution in [0.2, 0.25) is 0 Å². The molecule has 0 aliphatic heterocycles. The van der Waals surface area contributed by atoms with Crippen LogP contribution in [0.1, 0.15) is 16.7 Å². The van der Waals surface area contributed by atoms with Crippen molar-refractivity contribution in [1.82, 2.24) is 0 Å². The maximum atomic E-state index is 12.8. The van der Waals surface area contributed by atoms with E-state index in [1.165, 1.54) is 19.1 Å². The van der Waals surface area contributed by atoms with E-state index in [0.717, 1.165) is 11.6 Å². The molecular weight excluding hydrogens is 253 g/mol. The largest absolute Gasteiger partial charge is 0.457 e. The topological polar surface area (TPSA) is 9.23 Å². The molecule has 2 rings (SSSR count). The van der Waals surface area contributed by atoms with E-state index >= 15 is 0 Å². The lowest BCUT2D eigenvalue weighted by Gasteiger charge is -2.12. The summed E-state index contributed by atoms with van der Waals surface area (Å²) in [6.45, 7) is 3.36. The molecule has 2 aromatic rings. The SMILES string of the molecule is Cc1ccc(Oc2ccc(C)c(C(F)(F)F)c2)cc1. The molecule has 0 spiro atoms. The fraction of sp³-hybridized carbons (Fsp3) is 0.200. The van der Waals surface area contributed by atoms with E-state index in [0.29, 0.717) is 5.75 Å². The number of alkyl halides is 3. The predicted octanol–water partition coefficient (Wildman–Crippen LogP) is 5.11. The normalized spacial score (nSPS) is 11.4. The molecule has 0 N–H and O–H groups in total. The van der Waals surface area contributed by atoms with E-state index in [1.807, 2.05) is 19.1 Å².